The zero-order chi connectivity index (χ0) is 11.3. The minimum atomic E-state index is -0.984. The molecule has 0 aromatic heterocycles. The van der Waals surface area contributed by atoms with E-state index in [-0.39, 0.29) is 11.6 Å². The summed E-state index contributed by atoms with van der Waals surface area (Å²) in [4.78, 5) is 15.2. The minimum absolute atomic E-state index is 0.138. The van der Waals surface area contributed by atoms with Crippen LogP contribution in [0.3, 0.4) is 0 Å². The second kappa shape index (κ2) is 3.04. The fraction of sp³-hybridized carbons (Fsp3) is 0.700. The van der Waals surface area contributed by atoms with Gasteiger partial charge in [-0.15, -0.1) is 0 Å². The quantitative estimate of drug-likeness (QED) is 0.714. The summed E-state index contributed by atoms with van der Waals surface area (Å²) in [6, 6.07) is 0. The van der Waals surface area contributed by atoms with Gasteiger partial charge in [0.2, 0.25) is 11.5 Å². The van der Waals surface area contributed by atoms with Gasteiger partial charge in [-0.2, -0.15) is 0 Å². The van der Waals surface area contributed by atoms with Crippen LogP contribution in [0.2, 0.25) is 0 Å². The van der Waals surface area contributed by atoms with Gasteiger partial charge in [-0.1, -0.05) is 0 Å². The lowest BCUT2D eigenvalue weighted by molar-refractivity contribution is -0.156. The highest BCUT2D eigenvalue weighted by Gasteiger charge is 2.60. The van der Waals surface area contributed by atoms with Crippen molar-refractivity contribution in [1.29, 1.82) is 0 Å². The van der Waals surface area contributed by atoms with E-state index in [1.165, 1.54) is 7.11 Å². The molecule has 6 nitrogen and oxygen atoms in total. The molecular weight excluding hydrogens is 212 g/mol. The molecule has 88 valence electrons. The molecule has 3 heterocycles. The van der Waals surface area contributed by atoms with Crippen LogP contribution in [0.4, 0.5) is 0 Å². The van der Waals surface area contributed by atoms with E-state index >= 15 is 0 Å². The summed E-state index contributed by atoms with van der Waals surface area (Å²) in [6.07, 6.45) is 1.86. The number of rotatable bonds is 2. The Morgan fingerprint density at radius 1 is 1.50 bits per heavy atom. The van der Waals surface area contributed by atoms with Crippen LogP contribution < -0.4 is 0 Å². The van der Waals surface area contributed by atoms with Crippen molar-refractivity contribution in [2.45, 2.75) is 18.7 Å². The van der Waals surface area contributed by atoms with E-state index in [2.05, 4.69) is 4.90 Å². The van der Waals surface area contributed by atoms with Gasteiger partial charge >= 0.3 is 11.9 Å². The maximum Gasteiger partial charge on any atom is 0.359 e. The fourth-order valence-corrected chi connectivity index (χ4v) is 2.93. The molecule has 6 heteroatoms. The van der Waals surface area contributed by atoms with E-state index in [9.17, 15) is 9.90 Å². The van der Waals surface area contributed by atoms with Crippen LogP contribution in [-0.4, -0.2) is 53.5 Å². The van der Waals surface area contributed by atoms with E-state index in [1.54, 1.807) is 0 Å². The summed E-state index contributed by atoms with van der Waals surface area (Å²) < 4.78 is 10.8. The molecule has 1 N–H and O–H groups in total. The first-order valence-electron chi connectivity index (χ1n) is 5.42. The zero-order valence-corrected chi connectivity index (χ0v) is 9.10. The molecule has 0 radical (unpaired) electrons. The number of carbonyl (C=O) groups is 1. The average Bonchev–Trinajstić information content (AvgIpc) is 2.83. The van der Waals surface area contributed by atoms with Crippen LogP contribution in [-0.2, 0) is 14.3 Å². The van der Waals surface area contributed by atoms with Crippen molar-refractivity contribution >= 4 is 5.97 Å². The summed E-state index contributed by atoms with van der Waals surface area (Å²) in [5, 5.41) is 9.20. The molecule has 0 aromatic carbocycles. The topological polar surface area (TPSA) is 62.2 Å². The van der Waals surface area contributed by atoms with Crippen molar-refractivity contribution in [2.75, 3.05) is 26.7 Å². The second-order valence-corrected chi connectivity index (χ2v) is 4.23. The largest absolute Gasteiger partial charge is 0.476 e. The number of nitrogens with zero attached hydrogens (tertiary/aromatic N) is 2. The van der Waals surface area contributed by atoms with Crippen molar-refractivity contribution in [3.05, 3.63) is 11.6 Å². The summed E-state index contributed by atoms with van der Waals surface area (Å²) in [5.41, 5.74) is 0.159. The molecule has 0 amide bonds. The third-order valence-corrected chi connectivity index (χ3v) is 3.55. The number of aliphatic carboxylic acids is 1. The lowest BCUT2D eigenvalue weighted by Gasteiger charge is -2.32. The summed E-state index contributed by atoms with van der Waals surface area (Å²) in [7, 11) is 1.44. The van der Waals surface area contributed by atoms with Gasteiger partial charge in [0, 0.05) is 26.1 Å². The maximum absolute atomic E-state index is 11.2. The van der Waals surface area contributed by atoms with Crippen LogP contribution in [0.25, 0.3) is 0 Å². The first-order valence-corrected chi connectivity index (χ1v) is 5.42. The Hall–Kier alpha value is -1.43. The maximum atomic E-state index is 11.2. The number of carboxylic acid groups (broad SMARTS) is 1. The second-order valence-electron chi connectivity index (χ2n) is 4.23. The molecule has 3 aliphatic rings. The predicted octanol–water partition coefficient (Wildman–Crippen LogP) is -0.0181. The van der Waals surface area contributed by atoms with E-state index in [0.29, 0.717) is 6.54 Å². The Morgan fingerprint density at radius 2 is 2.31 bits per heavy atom. The molecule has 2 fully saturated rings. The number of ether oxygens (including phenoxy) is 2. The van der Waals surface area contributed by atoms with Crippen molar-refractivity contribution in [3.8, 4) is 0 Å². The molecule has 2 saturated heterocycles. The molecule has 1 spiro atoms. The van der Waals surface area contributed by atoms with Gasteiger partial charge in [0.05, 0.1) is 7.11 Å². The van der Waals surface area contributed by atoms with E-state index < -0.39 is 11.8 Å². The van der Waals surface area contributed by atoms with E-state index in [1.807, 2.05) is 4.90 Å². The summed E-state index contributed by atoms with van der Waals surface area (Å²) in [5.74, 6) is -1.42. The zero-order valence-electron chi connectivity index (χ0n) is 9.10. The van der Waals surface area contributed by atoms with Crippen molar-refractivity contribution < 1.29 is 19.4 Å². The van der Waals surface area contributed by atoms with Crippen molar-refractivity contribution in [3.63, 3.8) is 0 Å². The Kier molecular flexibility index (Phi) is 1.85. The van der Waals surface area contributed by atoms with Crippen LogP contribution in [0.15, 0.2) is 11.6 Å². The van der Waals surface area contributed by atoms with E-state index in [0.717, 1.165) is 25.9 Å². The fourth-order valence-electron chi connectivity index (χ4n) is 2.93. The standard InChI is InChI=1S/C10H14N2O4/c1-15-9-7(8(13)14)12-6-5-11-4-2-3-10(11,12)16-9/h2-6H2,1H3,(H,13,14). The Balaban J connectivity index is 2.02. The van der Waals surface area contributed by atoms with Crippen LogP contribution in [0.5, 0.6) is 0 Å². The highest BCUT2D eigenvalue weighted by atomic mass is 16.7. The highest BCUT2D eigenvalue weighted by Crippen LogP contribution is 2.46. The molecule has 0 aromatic rings. The Morgan fingerprint density at radius 3 is 3.00 bits per heavy atom. The first kappa shape index (κ1) is 9.77. The van der Waals surface area contributed by atoms with Gasteiger partial charge in [0.25, 0.3) is 0 Å². The molecular formula is C10H14N2O4. The third kappa shape index (κ3) is 0.974. The normalized spacial score (nSPS) is 32.7. The average molecular weight is 226 g/mol. The van der Waals surface area contributed by atoms with Crippen LogP contribution in [0, 0.1) is 0 Å². The molecule has 0 saturated carbocycles. The van der Waals surface area contributed by atoms with Gasteiger partial charge in [0.15, 0.2) is 0 Å². The molecule has 3 rings (SSSR count). The number of methoxy groups -OCH3 is 1. The van der Waals surface area contributed by atoms with Crippen molar-refractivity contribution in [2.24, 2.45) is 0 Å². The van der Waals surface area contributed by atoms with Crippen LogP contribution >= 0.6 is 0 Å². The first-order chi connectivity index (χ1) is 7.69. The molecule has 1 atom stereocenters. The smallest absolute Gasteiger partial charge is 0.359 e. The minimum Gasteiger partial charge on any atom is -0.476 e. The van der Waals surface area contributed by atoms with Gasteiger partial charge in [-0.25, -0.2) is 9.69 Å². The van der Waals surface area contributed by atoms with Gasteiger partial charge < -0.3 is 19.5 Å². The monoisotopic (exact) mass is 226 g/mol. The lowest BCUT2D eigenvalue weighted by atomic mass is 10.2. The van der Waals surface area contributed by atoms with E-state index in [4.69, 9.17) is 9.47 Å². The number of hydrogen-bond acceptors (Lipinski definition) is 5. The van der Waals surface area contributed by atoms with Crippen molar-refractivity contribution in [1.82, 2.24) is 9.80 Å². The predicted molar refractivity (Wildman–Crippen MR) is 53.0 cm³/mol. The number of carboxylic acids is 1. The van der Waals surface area contributed by atoms with Gasteiger partial charge in [-0.3, -0.25) is 0 Å². The molecule has 0 aliphatic carbocycles. The van der Waals surface area contributed by atoms with Crippen LogP contribution in [0.1, 0.15) is 12.8 Å². The number of hydrogen-bond donors (Lipinski definition) is 1. The molecule has 3 aliphatic heterocycles. The Labute approximate surface area is 93.0 Å². The van der Waals surface area contributed by atoms with Gasteiger partial charge in [0.1, 0.15) is 0 Å². The molecule has 1 unspecified atom stereocenters. The molecule has 0 bridgehead atoms. The highest BCUT2D eigenvalue weighted by molar-refractivity contribution is 5.87. The SMILES string of the molecule is COC1=C(C(=O)O)N2CCN3CCCC32O1. The summed E-state index contributed by atoms with van der Waals surface area (Å²) in [6.45, 7) is 2.50. The Bertz CT molecular complexity index is 381. The molecule has 16 heavy (non-hydrogen) atoms. The third-order valence-electron chi connectivity index (χ3n) is 3.55. The summed E-state index contributed by atoms with van der Waals surface area (Å²) >= 11 is 0. The lowest BCUT2D eigenvalue weighted by Crippen LogP contribution is -2.47. The van der Waals surface area contributed by atoms with Gasteiger partial charge in [-0.05, 0) is 6.42 Å².